The third-order valence-corrected chi connectivity index (χ3v) is 6.83. The molecular weight excluding hydrogens is 463 g/mol. The van der Waals surface area contributed by atoms with E-state index in [0.717, 1.165) is 28.3 Å². The number of amides is 1. The number of nitrogens with zero attached hydrogens (tertiary/aromatic N) is 1. The Labute approximate surface area is 208 Å². The number of anilines is 2. The quantitative estimate of drug-likeness (QED) is 0.491. The van der Waals surface area contributed by atoms with Crippen LogP contribution in [-0.2, 0) is 9.47 Å². The Kier molecular flexibility index (Phi) is 6.14. The number of hydrogen-bond donors (Lipinski definition) is 2. The van der Waals surface area contributed by atoms with Gasteiger partial charge in [-0.05, 0) is 42.2 Å². The molecule has 1 heterocycles. The number of halogens is 1. The van der Waals surface area contributed by atoms with Gasteiger partial charge >= 0.3 is 12.1 Å². The van der Waals surface area contributed by atoms with Crippen molar-refractivity contribution in [3.63, 3.8) is 0 Å². The topological polar surface area (TPSA) is 88.1 Å². The van der Waals surface area contributed by atoms with Crippen molar-refractivity contribution in [1.82, 2.24) is 0 Å². The molecule has 1 aliphatic carbocycles. The van der Waals surface area contributed by atoms with Gasteiger partial charge in [0.05, 0.1) is 35.7 Å². The van der Waals surface area contributed by atoms with Crippen LogP contribution in [-0.4, -0.2) is 49.1 Å². The van der Waals surface area contributed by atoms with Crippen molar-refractivity contribution < 1.29 is 28.6 Å². The molecule has 0 unspecified atom stereocenters. The minimum Gasteiger partial charge on any atom is -0.478 e. The second-order valence-corrected chi connectivity index (χ2v) is 9.62. The molecule has 0 aromatic heterocycles. The zero-order valence-corrected chi connectivity index (χ0v) is 20.1. The summed E-state index contributed by atoms with van der Waals surface area (Å²) >= 11 is 0. The van der Waals surface area contributed by atoms with Crippen LogP contribution in [0.1, 0.15) is 41.3 Å². The Morgan fingerprint density at radius 2 is 1.75 bits per heavy atom. The van der Waals surface area contributed by atoms with E-state index < -0.39 is 23.4 Å². The first-order valence-electron chi connectivity index (χ1n) is 11.8. The van der Waals surface area contributed by atoms with Gasteiger partial charge in [0.1, 0.15) is 12.4 Å². The van der Waals surface area contributed by atoms with Crippen molar-refractivity contribution in [2.45, 2.75) is 25.3 Å². The third kappa shape index (κ3) is 4.28. The number of benzene rings is 3. The number of carbonyl (C=O) groups excluding carboxylic acids is 1. The summed E-state index contributed by atoms with van der Waals surface area (Å²) in [4.78, 5) is 26.5. The molecule has 0 spiro atoms. The molecule has 36 heavy (non-hydrogen) atoms. The average molecular weight is 491 g/mol. The van der Waals surface area contributed by atoms with Gasteiger partial charge in [-0.1, -0.05) is 48.5 Å². The minimum atomic E-state index is -1.28. The Bertz CT molecular complexity index is 1290. The fourth-order valence-electron chi connectivity index (χ4n) is 5.10. The van der Waals surface area contributed by atoms with E-state index in [1.807, 2.05) is 62.4 Å². The van der Waals surface area contributed by atoms with Crippen LogP contribution in [0.15, 0.2) is 60.7 Å². The maximum atomic E-state index is 15.2. The molecule has 0 radical (unpaired) electrons. The second kappa shape index (κ2) is 9.28. The van der Waals surface area contributed by atoms with Gasteiger partial charge in [-0.2, -0.15) is 0 Å². The van der Waals surface area contributed by atoms with E-state index in [1.54, 1.807) is 4.90 Å². The normalized spacial score (nSPS) is 16.2. The summed E-state index contributed by atoms with van der Waals surface area (Å²) in [7, 11) is 0. The monoisotopic (exact) mass is 490 g/mol. The van der Waals surface area contributed by atoms with Gasteiger partial charge in [0, 0.05) is 18.5 Å². The molecule has 1 aliphatic heterocycles. The molecule has 8 heteroatoms. The number of carbonyl (C=O) groups is 2. The fraction of sp³-hybridized carbons (Fsp3) is 0.286. The molecule has 0 saturated carbocycles. The molecule has 0 atom stereocenters. The molecule has 5 rings (SSSR count). The third-order valence-electron chi connectivity index (χ3n) is 6.83. The average Bonchev–Trinajstić information content (AvgIpc) is 3.16. The Morgan fingerprint density at radius 3 is 2.36 bits per heavy atom. The predicted octanol–water partition coefficient (Wildman–Crippen LogP) is 5.50. The lowest BCUT2D eigenvalue weighted by molar-refractivity contribution is 0.0639. The summed E-state index contributed by atoms with van der Waals surface area (Å²) in [5.41, 5.74) is 3.56. The van der Waals surface area contributed by atoms with Crippen molar-refractivity contribution in [2.24, 2.45) is 0 Å². The van der Waals surface area contributed by atoms with Crippen molar-refractivity contribution in [2.75, 3.05) is 36.6 Å². The van der Waals surface area contributed by atoms with Gasteiger partial charge in [0.25, 0.3) is 0 Å². The lowest BCUT2D eigenvalue weighted by Crippen LogP contribution is -2.53. The van der Waals surface area contributed by atoms with Gasteiger partial charge in [-0.3, -0.25) is 5.32 Å². The smallest absolute Gasteiger partial charge is 0.411 e. The van der Waals surface area contributed by atoms with E-state index in [2.05, 4.69) is 5.32 Å². The fourth-order valence-corrected chi connectivity index (χ4v) is 5.10. The predicted molar refractivity (Wildman–Crippen MR) is 134 cm³/mol. The van der Waals surface area contributed by atoms with E-state index >= 15 is 4.39 Å². The van der Waals surface area contributed by atoms with Crippen LogP contribution in [0, 0.1) is 5.82 Å². The first kappa shape index (κ1) is 23.8. The summed E-state index contributed by atoms with van der Waals surface area (Å²) in [6.45, 7) is 5.07. The highest BCUT2D eigenvalue weighted by molar-refractivity contribution is 6.00. The number of hydrogen-bond acceptors (Lipinski definition) is 5. The summed E-state index contributed by atoms with van der Waals surface area (Å²) in [5, 5.41) is 12.2. The van der Waals surface area contributed by atoms with Crippen LogP contribution in [0.25, 0.3) is 11.1 Å². The van der Waals surface area contributed by atoms with Crippen molar-refractivity contribution >= 4 is 23.4 Å². The first-order valence-corrected chi connectivity index (χ1v) is 11.8. The molecule has 1 saturated heterocycles. The van der Waals surface area contributed by atoms with E-state index in [-0.39, 0.29) is 29.5 Å². The van der Waals surface area contributed by atoms with Crippen LogP contribution in [0.3, 0.4) is 0 Å². The summed E-state index contributed by atoms with van der Waals surface area (Å²) in [6.07, 6.45) is -0.849. The van der Waals surface area contributed by atoms with Crippen LogP contribution < -0.4 is 10.2 Å². The van der Waals surface area contributed by atoms with E-state index in [4.69, 9.17) is 9.47 Å². The molecule has 1 amide bonds. The molecule has 2 aliphatic rings. The number of nitrogens with one attached hydrogen (secondary N) is 1. The number of rotatable bonds is 5. The van der Waals surface area contributed by atoms with E-state index in [1.165, 1.54) is 6.07 Å². The SMILES string of the molecule is CC1(C)COCCN1c1cc(C(=O)O)c(NC(=O)OCC2c3ccccc3-c3ccccc32)cc1F. The van der Waals surface area contributed by atoms with Crippen molar-refractivity contribution in [1.29, 1.82) is 0 Å². The number of ether oxygens (including phenoxy) is 2. The molecule has 2 N–H and O–H groups in total. The molecule has 186 valence electrons. The molecule has 3 aromatic rings. The van der Waals surface area contributed by atoms with E-state index in [0.29, 0.717) is 19.8 Å². The van der Waals surface area contributed by atoms with Crippen LogP contribution in [0.4, 0.5) is 20.6 Å². The maximum absolute atomic E-state index is 15.2. The summed E-state index contributed by atoms with van der Waals surface area (Å²) in [5.74, 6) is -2.06. The number of morpholine rings is 1. The summed E-state index contributed by atoms with van der Waals surface area (Å²) in [6, 6.07) is 18.2. The standard InChI is InChI=1S/C28H27FN2O5/c1-28(2)16-35-12-11-31(28)25-13-21(26(32)33)24(14-23(25)29)30-27(34)36-15-22-19-9-5-3-7-17(19)18-8-4-6-10-20(18)22/h3-10,13-14,22H,11-12,15-16H2,1-2H3,(H,30,34)(H,32,33). The molecule has 3 aromatic carbocycles. The highest BCUT2D eigenvalue weighted by Crippen LogP contribution is 2.44. The van der Waals surface area contributed by atoms with E-state index in [9.17, 15) is 14.7 Å². The Hall–Kier alpha value is -3.91. The largest absolute Gasteiger partial charge is 0.478 e. The van der Waals surface area contributed by atoms with Gasteiger partial charge < -0.3 is 19.5 Å². The number of fused-ring (bicyclic) bond motifs is 3. The molecular formula is C28H27FN2O5. The minimum absolute atomic E-state index is 0.0603. The van der Waals surface area contributed by atoms with Gasteiger partial charge in [0.2, 0.25) is 0 Å². The maximum Gasteiger partial charge on any atom is 0.411 e. The Morgan fingerprint density at radius 1 is 1.11 bits per heavy atom. The zero-order valence-electron chi connectivity index (χ0n) is 20.1. The van der Waals surface area contributed by atoms with Crippen molar-refractivity contribution in [3.05, 3.63) is 83.2 Å². The Balaban J connectivity index is 1.35. The lowest BCUT2D eigenvalue weighted by atomic mass is 9.98. The molecule has 7 nitrogen and oxygen atoms in total. The van der Waals surface area contributed by atoms with Crippen molar-refractivity contribution in [3.8, 4) is 11.1 Å². The number of aromatic carboxylic acids is 1. The number of carboxylic acid groups (broad SMARTS) is 1. The highest BCUT2D eigenvalue weighted by Gasteiger charge is 2.34. The lowest BCUT2D eigenvalue weighted by Gasteiger charge is -2.44. The number of carboxylic acids is 1. The van der Waals surface area contributed by atoms with Crippen LogP contribution in [0.5, 0.6) is 0 Å². The van der Waals surface area contributed by atoms with Crippen LogP contribution >= 0.6 is 0 Å². The first-order chi connectivity index (χ1) is 17.3. The van der Waals surface area contributed by atoms with Gasteiger partial charge in [-0.15, -0.1) is 0 Å². The summed E-state index contributed by atoms with van der Waals surface area (Å²) < 4.78 is 26.2. The molecule has 1 fully saturated rings. The highest BCUT2D eigenvalue weighted by atomic mass is 19.1. The van der Waals surface area contributed by atoms with Crippen LogP contribution in [0.2, 0.25) is 0 Å². The van der Waals surface area contributed by atoms with Gasteiger partial charge in [-0.25, -0.2) is 14.0 Å². The zero-order chi connectivity index (χ0) is 25.4. The van der Waals surface area contributed by atoms with Gasteiger partial charge in [0.15, 0.2) is 0 Å². The second-order valence-electron chi connectivity index (χ2n) is 9.62. The molecule has 0 bridgehead atoms.